The number of anilines is 2. The number of nitrogens with zero attached hydrogens (tertiary/aromatic N) is 1. The summed E-state index contributed by atoms with van der Waals surface area (Å²) in [4.78, 5) is 0.245. The SMILES string of the molecule is N#Cc1cc(NC(Cc2ccccc2)S(=O)(=O)c2ccccc2)ccc1N. The topological polar surface area (TPSA) is 96.0 Å². The van der Waals surface area contributed by atoms with Gasteiger partial charge in [-0.05, 0) is 35.9 Å². The van der Waals surface area contributed by atoms with E-state index in [-0.39, 0.29) is 11.3 Å². The average Bonchev–Trinajstić information content (AvgIpc) is 2.70. The van der Waals surface area contributed by atoms with Crippen molar-refractivity contribution in [2.24, 2.45) is 0 Å². The molecule has 3 aromatic rings. The summed E-state index contributed by atoms with van der Waals surface area (Å²) in [6.45, 7) is 0. The van der Waals surface area contributed by atoms with Crippen molar-refractivity contribution in [2.75, 3.05) is 11.1 Å². The van der Waals surface area contributed by atoms with E-state index in [0.717, 1.165) is 5.56 Å². The molecule has 3 rings (SSSR count). The quantitative estimate of drug-likeness (QED) is 0.640. The minimum atomic E-state index is -3.65. The molecule has 1 unspecified atom stereocenters. The summed E-state index contributed by atoms with van der Waals surface area (Å²) in [5, 5.41) is 11.4. The first kappa shape index (κ1) is 18.5. The summed E-state index contributed by atoms with van der Waals surface area (Å²) in [5.41, 5.74) is 7.84. The third-order valence-electron chi connectivity index (χ3n) is 4.21. The summed E-state index contributed by atoms with van der Waals surface area (Å²) in [6.07, 6.45) is 0.282. The van der Waals surface area contributed by atoms with Gasteiger partial charge in [-0.15, -0.1) is 0 Å². The first-order valence-corrected chi connectivity index (χ1v) is 9.94. The highest BCUT2D eigenvalue weighted by Gasteiger charge is 2.27. The van der Waals surface area contributed by atoms with Crippen molar-refractivity contribution in [2.45, 2.75) is 16.7 Å². The maximum absolute atomic E-state index is 13.2. The van der Waals surface area contributed by atoms with Crippen LogP contribution in [0.5, 0.6) is 0 Å². The van der Waals surface area contributed by atoms with Crippen LogP contribution in [0, 0.1) is 11.3 Å². The van der Waals surface area contributed by atoms with Crippen LogP contribution in [0.25, 0.3) is 0 Å². The molecule has 136 valence electrons. The van der Waals surface area contributed by atoms with E-state index in [1.807, 2.05) is 36.4 Å². The molecule has 0 bridgehead atoms. The zero-order chi connectivity index (χ0) is 19.3. The van der Waals surface area contributed by atoms with Gasteiger partial charge in [0.15, 0.2) is 9.84 Å². The Kier molecular flexibility index (Phi) is 5.43. The Morgan fingerprint density at radius 2 is 1.59 bits per heavy atom. The molecule has 0 heterocycles. The first-order valence-electron chi connectivity index (χ1n) is 8.40. The van der Waals surface area contributed by atoms with Gasteiger partial charge in [0.05, 0.1) is 10.5 Å². The number of nitrogens with one attached hydrogen (secondary N) is 1. The molecule has 0 fully saturated rings. The van der Waals surface area contributed by atoms with E-state index in [9.17, 15) is 13.7 Å². The molecule has 0 amide bonds. The van der Waals surface area contributed by atoms with Crippen molar-refractivity contribution in [3.63, 3.8) is 0 Å². The molecule has 6 heteroatoms. The zero-order valence-electron chi connectivity index (χ0n) is 14.5. The van der Waals surface area contributed by atoms with Gasteiger partial charge in [0, 0.05) is 17.8 Å². The maximum Gasteiger partial charge on any atom is 0.199 e. The highest BCUT2D eigenvalue weighted by atomic mass is 32.2. The second-order valence-corrected chi connectivity index (χ2v) is 8.23. The minimum absolute atomic E-state index is 0.245. The number of sulfone groups is 1. The molecule has 0 saturated heterocycles. The number of nitriles is 1. The van der Waals surface area contributed by atoms with Gasteiger partial charge < -0.3 is 11.1 Å². The molecule has 5 nitrogen and oxygen atoms in total. The fraction of sp³-hybridized carbons (Fsp3) is 0.0952. The third kappa shape index (κ3) is 4.27. The lowest BCUT2D eigenvalue weighted by Gasteiger charge is -2.21. The summed E-state index contributed by atoms with van der Waals surface area (Å²) >= 11 is 0. The standard InChI is InChI=1S/C21H19N3O2S/c22-15-17-14-18(11-12-20(17)23)24-21(13-16-7-3-1-4-8-16)27(25,26)19-9-5-2-6-10-19/h1-12,14,21,24H,13,23H2. The van der Waals surface area contributed by atoms with Crippen LogP contribution >= 0.6 is 0 Å². The van der Waals surface area contributed by atoms with Crippen LogP contribution in [-0.2, 0) is 16.3 Å². The molecular weight excluding hydrogens is 358 g/mol. The number of hydrogen-bond donors (Lipinski definition) is 2. The number of benzene rings is 3. The number of nitrogens with two attached hydrogens (primary N) is 1. The van der Waals surface area contributed by atoms with Crippen molar-refractivity contribution in [1.29, 1.82) is 5.26 Å². The highest BCUT2D eigenvalue weighted by Crippen LogP contribution is 2.24. The van der Waals surface area contributed by atoms with Gasteiger partial charge in [0.25, 0.3) is 0 Å². The largest absolute Gasteiger partial charge is 0.398 e. The Balaban J connectivity index is 1.99. The summed E-state index contributed by atoms with van der Waals surface area (Å²) in [7, 11) is -3.65. The molecule has 0 aliphatic rings. The second-order valence-electron chi connectivity index (χ2n) is 6.09. The van der Waals surface area contributed by atoms with E-state index >= 15 is 0 Å². The predicted molar refractivity (Wildman–Crippen MR) is 107 cm³/mol. The molecule has 0 saturated carbocycles. The molecule has 0 radical (unpaired) electrons. The fourth-order valence-electron chi connectivity index (χ4n) is 2.77. The van der Waals surface area contributed by atoms with E-state index in [4.69, 9.17) is 5.73 Å². The van der Waals surface area contributed by atoms with Crippen LogP contribution in [0.4, 0.5) is 11.4 Å². The monoisotopic (exact) mass is 377 g/mol. The number of rotatable bonds is 6. The van der Waals surface area contributed by atoms with Crippen LogP contribution in [-0.4, -0.2) is 13.8 Å². The van der Waals surface area contributed by atoms with Crippen molar-refractivity contribution < 1.29 is 8.42 Å². The zero-order valence-corrected chi connectivity index (χ0v) is 15.4. The molecule has 27 heavy (non-hydrogen) atoms. The van der Waals surface area contributed by atoms with E-state index in [2.05, 4.69) is 5.32 Å². The van der Waals surface area contributed by atoms with Crippen LogP contribution in [0.1, 0.15) is 11.1 Å². The first-order chi connectivity index (χ1) is 13.0. The Hall–Kier alpha value is -3.30. The fourth-order valence-corrected chi connectivity index (χ4v) is 4.34. The van der Waals surface area contributed by atoms with Crippen molar-refractivity contribution >= 4 is 21.2 Å². The molecule has 0 aliphatic heterocycles. The molecule has 0 aliphatic carbocycles. The number of hydrogen-bond acceptors (Lipinski definition) is 5. The Bertz CT molecular complexity index is 1060. The Morgan fingerprint density at radius 3 is 2.22 bits per heavy atom. The third-order valence-corrected chi connectivity index (χ3v) is 6.17. The molecule has 3 aromatic carbocycles. The van der Waals surface area contributed by atoms with Gasteiger partial charge in [-0.25, -0.2) is 8.42 Å². The lowest BCUT2D eigenvalue weighted by Crippen LogP contribution is -2.32. The van der Waals surface area contributed by atoms with E-state index in [0.29, 0.717) is 16.9 Å². The Morgan fingerprint density at radius 1 is 0.963 bits per heavy atom. The predicted octanol–water partition coefficient (Wildman–Crippen LogP) is 3.60. The maximum atomic E-state index is 13.2. The van der Waals surface area contributed by atoms with Gasteiger partial charge in [-0.1, -0.05) is 48.5 Å². The molecule has 0 aromatic heterocycles. The van der Waals surface area contributed by atoms with Crippen LogP contribution in [0.3, 0.4) is 0 Å². The summed E-state index contributed by atoms with van der Waals surface area (Å²) in [5.74, 6) is 0. The second kappa shape index (κ2) is 7.94. The van der Waals surface area contributed by atoms with E-state index < -0.39 is 15.2 Å². The normalized spacial score (nSPS) is 12.1. The summed E-state index contributed by atoms with van der Waals surface area (Å²) < 4.78 is 26.4. The molecule has 3 N–H and O–H groups in total. The van der Waals surface area contributed by atoms with Crippen LogP contribution in [0.15, 0.2) is 83.8 Å². The van der Waals surface area contributed by atoms with Crippen LogP contribution < -0.4 is 11.1 Å². The Labute approximate surface area is 159 Å². The smallest absolute Gasteiger partial charge is 0.199 e. The van der Waals surface area contributed by atoms with Gasteiger partial charge in [0.2, 0.25) is 0 Å². The van der Waals surface area contributed by atoms with Crippen LogP contribution in [0.2, 0.25) is 0 Å². The van der Waals surface area contributed by atoms with Gasteiger partial charge in [0.1, 0.15) is 11.4 Å². The molecule has 0 spiro atoms. The highest BCUT2D eigenvalue weighted by molar-refractivity contribution is 7.92. The van der Waals surface area contributed by atoms with Gasteiger partial charge >= 0.3 is 0 Å². The van der Waals surface area contributed by atoms with Crippen molar-refractivity contribution in [3.8, 4) is 6.07 Å². The van der Waals surface area contributed by atoms with E-state index in [1.165, 1.54) is 0 Å². The van der Waals surface area contributed by atoms with Gasteiger partial charge in [-0.2, -0.15) is 5.26 Å². The molecular formula is C21H19N3O2S. The molecule has 1 atom stereocenters. The lowest BCUT2D eigenvalue weighted by molar-refractivity contribution is 0.584. The lowest BCUT2D eigenvalue weighted by atomic mass is 10.1. The van der Waals surface area contributed by atoms with Gasteiger partial charge in [-0.3, -0.25) is 0 Å². The van der Waals surface area contributed by atoms with Crippen molar-refractivity contribution in [3.05, 3.63) is 90.0 Å². The number of nitrogen functional groups attached to an aromatic ring is 1. The summed E-state index contributed by atoms with van der Waals surface area (Å²) in [6, 6.07) is 24.6. The minimum Gasteiger partial charge on any atom is -0.398 e. The average molecular weight is 377 g/mol. The van der Waals surface area contributed by atoms with Crippen molar-refractivity contribution in [1.82, 2.24) is 0 Å². The van der Waals surface area contributed by atoms with E-state index in [1.54, 1.807) is 48.5 Å².